The Hall–Kier alpha value is -1.85. The molecule has 2 aromatic rings. The highest BCUT2D eigenvalue weighted by atomic mass is 35.5. The molecule has 0 spiro atoms. The Morgan fingerprint density at radius 1 is 1.39 bits per heavy atom. The SMILES string of the molecule is O=C(O)c1ccoc1C(O)c1ccc(Cl)c(F)c1. The molecule has 0 bridgehead atoms. The van der Waals surface area contributed by atoms with Gasteiger partial charge in [0, 0.05) is 0 Å². The van der Waals surface area contributed by atoms with Crippen molar-refractivity contribution in [3.05, 3.63) is 58.3 Å². The zero-order valence-electron chi connectivity index (χ0n) is 8.93. The van der Waals surface area contributed by atoms with Crippen LogP contribution in [-0.2, 0) is 0 Å². The van der Waals surface area contributed by atoms with Gasteiger partial charge in [-0.15, -0.1) is 0 Å². The van der Waals surface area contributed by atoms with E-state index >= 15 is 0 Å². The average molecular weight is 271 g/mol. The number of carboxylic acids is 1. The minimum atomic E-state index is -1.36. The summed E-state index contributed by atoms with van der Waals surface area (Å²) in [5, 5.41) is 18.8. The summed E-state index contributed by atoms with van der Waals surface area (Å²) in [6.45, 7) is 0. The summed E-state index contributed by atoms with van der Waals surface area (Å²) in [6, 6.07) is 4.91. The first-order chi connectivity index (χ1) is 8.50. The first-order valence-corrected chi connectivity index (χ1v) is 5.32. The first-order valence-electron chi connectivity index (χ1n) is 4.94. The van der Waals surface area contributed by atoms with Crippen LogP contribution in [0.1, 0.15) is 27.8 Å². The molecule has 1 aromatic carbocycles. The van der Waals surface area contributed by atoms with Crippen molar-refractivity contribution in [3.63, 3.8) is 0 Å². The second-order valence-electron chi connectivity index (χ2n) is 3.58. The lowest BCUT2D eigenvalue weighted by molar-refractivity contribution is 0.0687. The summed E-state index contributed by atoms with van der Waals surface area (Å²) in [6.07, 6.45) is -0.216. The summed E-state index contributed by atoms with van der Waals surface area (Å²) in [4.78, 5) is 10.9. The van der Waals surface area contributed by atoms with Crippen molar-refractivity contribution in [2.45, 2.75) is 6.10 Å². The van der Waals surface area contributed by atoms with Crippen LogP contribution in [0, 0.1) is 5.82 Å². The van der Waals surface area contributed by atoms with Gasteiger partial charge in [-0.3, -0.25) is 0 Å². The molecule has 1 heterocycles. The van der Waals surface area contributed by atoms with E-state index in [1.165, 1.54) is 18.2 Å². The van der Waals surface area contributed by atoms with Crippen LogP contribution >= 0.6 is 11.6 Å². The van der Waals surface area contributed by atoms with Crippen molar-refractivity contribution in [2.24, 2.45) is 0 Å². The van der Waals surface area contributed by atoms with Crippen LogP contribution in [0.2, 0.25) is 5.02 Å². The monoisotopic (exact) mass is 270 g/mol. The van der Waals surface area contributed by atoms with E-state index in [1.54, 1.807) is 0 Å². The van der Waals surface area contributed by atoms with E-state index in [2.05, 4.69) is 0 Å². The topological polar surface area (TPSA) is 70.7 Å². The molecule has 4 nitrogen and oxygen atoms in total. The summed E-state index contributed by atoms with van der Waals surface area (Å²) in [7, 11) is 0. The van der Waals surface area contributed by atoms with Crippen molar-refractivity contribution in [3.8, 4) is 0 Å². The molecule has 94 valence electrons. The van der Waals surface area contributed by atoms with Crippen LogP contribution in [0.5, 0.6) is 0 Å². The average Bonchev–Trinajstić information content (AvgIpc) is 2.81. The van der Waals surface area contributed by atoms with Crippen LogP contribution < -0.4 is 0 Å². The number of furan rings is 1. The second kappa shape index (κ2) is 4.80. The lowest BCUT2D eigenvalue weighted by Crippen LogP contribution is -2.05. The number of carbonyl (C=O) groups is 1. The molecule has 0 aliphatic heterocycles. The van der Waals surface area contributed by atoms with Gasteiger partial charge in [0.15, 0.2) is 5.76 Å². The molecule has 0 aliphatic carbocycles. The number of aliphatic hydroxyl groups excluding tert-OH is 1. The van der Waals surface area contributed by atoms with Gasteiger partial charge in [0.05, 0.1) is 11.3 Å². The van der Waals surface area contributed by atoms with Crippen molar-refractivity contribution < 1.29 is 23.8 Å². The highest BCUT2D eigenvalue weighted by Gasteiger charge is 2.22. The number of carboxylic acid groups (broad SMARTS) is 1. The van der Waals surface area contributed by atoms with E-state index in [4.69, 9.17) is 21.1 Å². The third-order valence-electron chi connectivity index (χ3n) is 2.43. The minimum Gasteiger partial charge on any atom is -0.478 e. The number of halogens is 2. The maximum absolute atomic E-state index is 13.3. The summed E-state index contributed by atoms with van der Waals surface area (Å²) >= 11 is 5.52. The standard InChI is InChI=1S/C12H8ClFO4/c13-8-2-1-6(5-9(8)14)10(15)11-7(12(16)17)3-4-18-11/h1-5,10,15H,(H,16,17). The molecule has 0 aliphatic rings. The van der Waals surface area contributed by atoms with Gasteiger partial charge in [0.25, 0.3) is 0 Å². The van der Waals surface area contributed by atoms with Crippen molar-refractivity contribution in [1.82, 2.24) is 0 Å². The van der Waals surface area contributed by atoms with Gasteiger partial charge in [-0.25, -0.2) is 9.18 Å². The first kappa shape index (κ1) is 12.6. The van der Waals surface area contributed by atoms with Gasteiger partial charge in [0.1, 0.15) is 17.5 Å². The van der Waals surface area contributed by atoms with Gasteiger partial charge in [-0.2, -0.15) is 0 Å². The van der Waals surface area contributed by atoms with E-state index < -0.39 is 17.9 Å². The summed E-state index contributed by atoms with van der Waals surface area (Å²) < 4.78 is 18.2. The summed E-state index contributed by atoms with van der Waals surface area (Å²) in [5.41, 5.74) is -0.00721. The number of aliphatic hydroxyl groups is 1. The zero-order valence-corrected chi connectivity index (χ0v) is 9.69. The molecule has 2 N–H and O–H groups in total. The Kier molecular flexibility index (Phi) is 3.36. The fourth-order valence-corrected chi connectivity index (χ4v) is 1.66. The Balaban J connectivity index is 2.41. The molecule has 0 saturated carbocycles. The number of rotatable bonds is 3. The van der Waals surface area contributed by atoms with E-state index in [9.17, 15) is 14.3 Å². The fraction of sp³-hybridized carbons (Fsp3) is 0.0833. The lowest BCUT2D eigenvalue weighted by atomic mass is 10.0. The van der Waals surface area contributed by atoms with E-state index in [0.29, 0.717) is 0 Å². The van der Waals surface area contributed by atoms with Gasteiger partial charge in [-0.05, 0) is 23.8 Å². The molecule has 0 amide bonds. The van der Waals surface area contributed by atoms with Crippen molar-refractivity contribution in [2.75, 3.05) is 0 Å². The molecule has 0 radical (unpaired) electrons. The predicted octanol–water partition coefficient (Wildman–Crippen LogP) is 2.85. The fourth-order valence-electron chi connectivity index (χ4n) is 1.54. The van der Waals surface area contributed by atoms with Crippen LogP contribution in [0.4, 0.5) is 4.39 Å². The summed E-state index contributed by atoms with van der Waals surface area (Å²) in [5.74, 6) is -2.08. The Bertz CT molecular complexity index is 594. The number of hydrogen-bond donors (Lipinski definition) is 2. The molecule has 6 heteroatoms. The molecule has 18 heavy (non-hydrogen) atoms. The third kappa shape index (κ3) is 2.23. The van der Waals surface area contributed by atoms with Gasteiger partial charge < -0.3 is 14.6 Å². The quantitative estimate of drug-likeness (QED) is 0.900. The molecular weight excluding hydrogens is 263 g/mol. The molecule has 1 atom stereocenters. The van der Waals surface area contributed by atoms with Crippen LogP contribution in [0.15, 0.2) is 34.9 Å². The Labute approximate surface area is 106 Å². The number of aromatic carboxylic acids is 1. The van der Waals surface area contributed by atoms with Crippen LogP contribution in [0.25, 0.3) is 0 Å². The predicted molar refractivity (Wildman–Crippen MR) is 61.1 cm³/mol. The largest absolute Gasteiger partial charge is 0.478 e. The van der Waals surface area contributed by atoms with Crippen LogP contribution in [-0.4, -0.2) is 16.2 Å². The molecule has 0 fully saturated rings. The lowest BCUT2D eigenvalue weighted by Gasteiger charge is -2.09. The number of hydrogen-bond acceptors (Lipinski definition) is 3. The highest BCUT2D eigenvalue weighted by Crippen LogP contribution is 2.28. The molecule has 1 aromatic heterocycles. The van der Waals surface area contributed by atoms with Gasteiger partial charge in [0.2, 0.25) is 0 Å². The van der Waals surface area contributed by atoms with Gasteiger partial charge in [-0.1, -0.05) is 17.7 Å². The van der Waals surface area contributed by atoms with E-state index in [1.807, 2.05) is 0 Å². The molecule has 0 saturated heterocycles. The maximum Gasteiger partial charge on any atom is 0.339 e. The number of benzene rings is 1. The molecule has 1 unspecified atom stereocenters. The third-order valence-corrected chi connectivity index (χ3v) is 2.74. The van der Waals surface area contributed by atoms with Crippen molar-refractivity contribution in [1.29, 1.82) is 0 Å². The molecular formula is C12H8ClFO4. The Morgan fingerprint density at radius 3 is 2.72 bits per heavy atom. The highest BCUT2D eigenvalue weighted by molar-refractivity contribution is 6.30. The van der Waals surface area contributed by atoms with Crippen molar-refractivity contribution >= 4 is 17.6 Å². The van der Waals surface area contributed by atoms with Gasteiger partial charge >= 0.3 is 5.97 Å². The Morgan fingerprint density at radius 2 is 2.11 bits per heavy atom. The van der Waals surface area contributed by atoms with E-state index in [0.717, 1.165) is 12.3 Å². The second-order valence-corrected chi connectivity index (χ2v) is 3.99. The van der Waals surface area contributed by atoms with Crippen LogP contribution in [0.3, 0.4) is 0 Å². The maximum atomic E-state index is 13.3. The minimum absolute atomic E-state index is 0.0798. The zero-order chi connectivity index (χ0) is 13.3. The molecule has 2 rings (SSSR count). The van der Waals surface area contributed by atoms with E-state index in [-0.39, 0.29) is 21.9 Å². The normalized spacial score (nSPS) is 12.4. The smallest absolute Gasteiger partial charge is 0.339 e.